The molecule has 1 aromatic carbocycles. The Hall–Kier alpha value is -3.00. The van der Waals surface area contributed by atoms with Gasteiger partial charge in [-0.3, -0.25) is 18.6 Å². The minimum absolute atomic E-state index is 0.0210. The zero-order valence-corrected chi connectivity index (χ0v) is 18.4. The van der Waals surface area contributed by atoms with Crippen LogP contribution < -0.4 is 10.9 Å². The Morgan fingerprint density at radius 1 is 1.17 bits per heavy atom. The second-order valence-electron chi connectivity index (χ2n) is 7.86. The lowest BCUT2D eigenvalue weighted by Crippen LogP contribution is -2.24. The van der Waals surface area contributed by atoms with Gasteiger partial charge in [0.2, 0.25) is 11.7 Å². The molecule has 1 amide bonds. The van der Waals surface area contributed by atoms with Crippen molar-refractivity contribution in [3.8, 4) is 0 Å². The number of carbonyl (C=O) groups excluding carboxylic acids is 1. The van der Waals surface area contributed by atoms with Gasteiger partial charge in [-0.1, -0.05) is 6.07 Å². The van der Waals surface area contributed by atoms with Crippen LogP contribution in [0.25, 0.3) is 16.0 Å². The number of carbonyl (C=O) groups is 1. The van der Waals surface area contributed by atoms with E-state index in [-0.39, 0.29) is 17.5 Å². The first-order valence-electron chi connectivity index (χ1n) is 10.1. The maximum Gasteiger partial charge on any atom is 0.273 e. The minimum atomic E-state index is -0.0331. The summed E-state index contributed by atoms with van der Waals surface area (Å²) in [6.07, 6.45) is 1.63. The molecule has 0 atom stereocenters. The van der Waals surface area contributed by atoms with Crippen molar-refractivity contribution in [1.29, 1.82) is 0 Å². The van der Waals surface area contributed by atoms with E-state index >= 15 is 0 Å². The van der Waals surface area contributed by atoms with Gasteiger partial charge in [0.15, 0.2) is 0 Å². The Bertz CT molecular complexity index is 1300. The molecule has 30 heavy (non-hydrogen) atoms. The van der Waals surface area contributed by atoms with Crippen LogP contribution in [0, 0.1) is 13.8 Å². The monoisotopic (exact) mass is 423 g/mol. The summed E-state index contributed by atoms with van der Waals surface area (Å²) in [6, 6.07) is 7.82. The van der Waals surface area contributed by atoms with Crippen LogP contribution in [-0.4, -0.2) is 25.1 Å². The smallest absolute Gasteiger partial charge is 0.273 e. The minimum Gasteiger partial charge on any atom is -0.326 e. The number of nitrogens with zero attached hydrogens (tertiary/aromatic N) is 4. The van der Waals surface area contributed by atoms with Gasteiger partial charge in [0.25, 0.3) is 5.56 Å². The number of rotatable bonds is 6. The van der Waals surface area contributed by atoms with Crippen molar-refractivity contribution in [2.24, 2.45) is 0 Å². The van der Waals surface area contributed by atoms with Gasteiger partial charge in [0, 0.05) is 24.6 Å². The average Bonchev–Trinajstić information content (AvgIpc) is 3.32. The van der Waals surface area contributed by atoms with Crippen molar-refractivity contribution in [2.45, 2.75) is 53.0 Å². The number of thiophene rings is 1. The van der Waals surface area contributed by atoms with Crippen molar-refractivity contribution in [3.05, 3.63) is 57.0 Å². The van der Waals surface area contributed by atoms with Gasteiger partial charge >= 0.3 is 0 Å². The predicted molar refractivity (Wildman–Crippen MR) is 120 cm³/mol. The van der Waals surface area contributed by atoms with Crippen molar-refractivity contribution in [3.63, 3.8) is 0 Å². The Labute approximate surface area is 178 Å². The third kappa shape index (κ3) is 3.63. The van der Waals surface area contributed by atoms with Crippen LogP contribution in [0.5, 0.6) is 0 Å². The molecule has 156 valence electrons. The lowest BCUT2D eigenvalue weighted by atomic mass is 10.1. The van der Waals surface area contributed by atoms with Crippen LogP contribution in [-0.2, 0) is 11.2 Å². The zero-order valence-electron chi connectivity index (χ0n) is 17.6. The number of hydrogen-bond acceptors (Lipinski definition) is 5. The van der Waals surface area contributed by atoms with Gasteiger partial charge in [-0.05, 0) is 68.8 Å². The highest BCUT2D eigenvalue weighted by Gasteiger charge is 2.19. The summed E-state index contributed by atoms with van der Waals surface area (Å²) in [5.74, 6) is 1.30. The molecule has 0 radical (unpaired) electrons. The third-order valence-electron chi connectivity index (χ3n) is 5.34. The molecule has 0 aliphatic carbocycles. The summed E-state index contributed by atoms with van der Waals surface area (Å²) >= 11 is 1.43. The van der Waals surface area contributed by atoms with E-state index in [1.54, 1.807) is 4.57 Å². The molecule has 7 nitrogen and oxygen atoms in total. The first-order chi connectivity index (χ1) is 14.4. The van der Waals surface area contributed by atoms with Crippen LogP contribution in [0.15, 0.2) is 34.4 Å². The molecule has 4 aromatic rings. The summed E-state index contributed by atoms with van der Waals surface area (Å²) < 4.78 is 4.33. The Balaban J connectivity index is 1.53. The summed E-state index contributed by atoms with van der Waals surface area (Å²) in [4.78, 5) is 25.2. The molecular formula is C22H25N5O2S. The Morgan fingerprint density at radius 2 is 1.97 bits per heavy atom. The molecule has 0 fully saturated rings. The van der Waals surface area contributed by atoms with Crippen molar-refractivity contribution in [1.82, 2.24) is 19.2 Å². The Kier molecular flexibility index (Phi) is 5.42. The summed E-state index contributed by atoms with van der Waals surface area (Å²) in [7, 11) is 0. The summed E-state index contributed by atoms with van der Waals surface area (Å²) in [5, 5.41) is 13.5. The van der Waals surface area contributed by atoms with E-state index in [0.717, 1.165) is 22.6 Å². The van der Waals surface area contributed by atoms with Gasteiger partial charge in [-0.2, -0.15) is 0 Å². The normalized spacial score (nSPS) is 11.6. The summed E-state index contributed by atoms with van der Waals surface area (Å²) in [6.45, 7) is 8.01. The molecule has 0 bridgehead atoms. The topological polar surface area (TPSA) is 81.3 Å². The quantitative estimate of drug-likeness (QED) is 0.502. The van der Waals surface area contributed by atoms with E-state index in [4.69, 9.17) is 0 Å². The zero-order chi connectivity index (χ0) is 21.4. The number of nitrogens with one attached hydrogen (secondary N) is 1. The number of anilines is 1. The number of amides is 1. The number of aryl methyl sites for hydroxylation is 3. The average molecular weight is 424 g/mol. The van der Waals surface area contributed by atoms with Crippen LogP contribution in [0.2, 0.25) is 0 Å². The number of benzene rings is 1. The van der Waals surface area contributed by atoms with E-state index in [9.17, 15) is 9.59 Å². The maximum atomic E-state index is 12.8. The molecule has 0 saturated carbocycles. The molecule has 0 aliphatic heterocycles. The van der Waals surface area contributed by atoms with Crippen molar-refractivity contribution < 1.29 is 4.79 Å². The molecular weight excluding hydrogens is 398 g/mol. The molecule has 8 heteroatoms. The standard InChI is InChI=1S/C22H25N5O2S/c1-13(2)26-21(29)20-17(10-11-30-20)27-18(24-25-22(26)27)6-5-7-19(28)23-16-9-8-14(3)15(4)12-16/h8-13H,5-7H2,1-4H3,(H,23,28). The van der Waals surface area contributed by atoms with E-state index in [1.165, 1.54) is 16.9 Å². The lowest BCUT2D eigenvalue weighted by molar-refractivity contribution is -0.116. The fourth-order valence-electron chi connectivity index (χ4n) is 3.63. The maximum absolute atomic E-state index is 12.8. The molecule has 0 saturated heterocycles. The van der Waals surface area contributed by atoms with Crippen LogP contribution >= 0.6 is 11.3 Å². The van der Waals surface area contributed by atoms with E-state index < -0.39 is 0 Å². The SMILES string of the molecule is Cc1ccc(NC(=O)CCCc2nnc3n(C(C)C)c(=O)c4sccc4n23)cc1C. The first kappa shape index (κ1) is 20.3. The van der Waals surface area contributed by atoms with E-state index in [0.29, 0.717) is 29.7 Å². The number of hydrogen-bond donors (Lipinski definition) is 1. The van der Waals surface area contributed by atoms with E-state index in [2.05, 4.69) is 15.5 Å². The number of aromatic nitrogens is 4. The van der Waals surface area contributed by atoms with Crippen LogP contribution in [0.1, 0.15) is 49.7 Å². The second-order valence-corrected chi connectivity index (χ2v) is 8.77. The van der Waals surface area contributed by atoms with Gasteiger partial charge < -0.3 is 5.32 Å². The van der Waals surface area contributed by atoms with Crippen LogP contribution in [0.3, 0.4) is 0 Å². The highest BCUT2D eigenvalue weighted by Crippen LogP contribution is 2.22. The molecule has 3 aromatic heterocycles. The largest absolute Gasteiger partial charge is 0.326 e. The van der Waals surface area contributed by atoms with Gasteiger partial charge in [0.05, 0.1) is 5.52 Å². The van der Waals surface area contributed by atoms with Gasteiger partial charge in [0.1, 0.15) is 10.5 Å². The molecule has 0 spiro atoms. The third-order valence-corrected chi connectivity index (χ3v) is 6.23. The highest BCUT2D eigenvalue weighted by molar-refractivity contribution is 7.17. The summed E-state index contributed by atoms with van der Waals surface area (Å²) in [5.41, 5.74) is 3.97. The fourth-order valence-corrected chi connectivity index (χ4v) is 4.44. The molecule has 0 aliphatic rings. The predicted octanol–water partition coefficient (Wildman–Crippen LogP) is 4.26. The molecule has 0 unspecified atom stereocenters. The second kappa shape index (κ2) is 8.02. The molecule has 3 heterocycles. The van der Waals surface area contributed by atoms with Crippen LogP contribution in [0.4, 0.5) is 5.69 Å². The van der Waals surface area contributed by atoms with Crippen molar-refractivity contribution in [2.75, 3.05) is 5.32 Å². The van der Waals surface area contributed by atoms with Gasteiger partial charge in [-0.25, -0.2) is 0 Å². The molecule has 1 N–H and O–H groups in total. The first-order valence-corrected chi connectivity index (χ1v) is 11.0. The fraction of sp³-hybridized carbons (Fsp3) is 0.364. The molecule has 4 rings (SSSR count). The number of fused-ring (bicyclic) bond motifs is 3. The van der Waals surface area contributed by atoms with Gasteiger partial charge in [-0.15, -0.1) is 21.5 Å². The van der Waals surface area contributed by atoms with Crippen molar-refractivity contribution >= 4 is 38.9 Å². The van der Waals surface area contributed by atoms with E-state index in [1.807, 2.05) is 61.7 Å². The lowest BCUT2D eigenvalue weighted by Gasteiger charge is -2.12. The Morgan fingerprint density at radius 3 is 2.70 bits per heavy atom. The highest BCUT2D eigenvalue weighted by atomic mass is 32.1.